The van der Waals surface area contributed by atoms with Gasteiger partial charge in [-0.1, -0.05) is 37.3 Å². The van der Waals surface area contributed by atoms with Gasteiger partial charge >= 0.3 is 0 Å². The minimum atomic E-state index is 0.107. The molecule has 2 aliphatic heterocycles. The number of anilines is 3. The smallest absolute Gasteiger partial charge is 0.232 e. The summed E-state index contributed by atoms with van der Waals surface area (Å²) < 4.78 is 0. The second kappa shape index (κ2) is 9.60. The van der Waals surface area contributed by atoms with Crippen molar-refractivity contribution in [2.24, 2.45) is 5.92 Å². The number of thiocarbonyl (C=S) groups is 1. The first-order valence-corrected chi connectivity index (χ1v) is 11.5. The number of hydrogen-bond acceptors (Lipinski definition) is 5. The largest absolute Gasteiger partial charge is 0.356 e. The van der Waals surface area contributed by atoms with Crippen LogP contribution in [0.15, 0.2) is 36.4 Å². The molecule has 2 N–H and O–H groups in total. The zero-order valence-corrected chi connectivity index (χ0v) is 18.8. The summed E-state index contributed by atoms with van der Waals surface area (Å²) in [5.74, 6) is 3.36. The Kier molecular flexibility index (Phi) is 6.67. The minimum absolute atomic E-state index is 0.107. The van der Waals surface area contributed by atoms with E-state index < -0.39 is 0 Å². The second-order valence-electron chi connectivity index (χ2n) is 8.50. The lowest BCUT2D eigenvalue weighted by Gasteiger charge is -2.32. The number of nitrogens with one attached hydrogen (secondary N) is 2. The first kappa shape index (κ1) is 20.8. The third-order valence-electron chi connectivity index (χ3n) is 6.11. The van der Waals surface area contributed by atoms with E-state index in [-0.39, 0.29) is 6.04 Å². The number of aromatic nitrogens is 2. The van der Waals surface area contributed by atoms with Crippen LogP contribution in [0.2, 0.25) is 0 Å². The lowest BCUT2D eigenvalue weighted by atomic mass is 9.99. The van der Waals surface area contributed by atoms with E-state index in [2.05, 4.69) is 52.5 Å². The maximum atomic E-state index is 5.58. The van der Waals surface area contributed by atoms with Gasteiger partial charge in [-0.3, -0.25) is 0 Å². The summed E-state index contributed by atoms with van der Waals surface area (Å²) in [5.41, 5.74) is 1.19. The molecule has 3 heterocycles. The van der Waals surface area contributed by atoms with Gasteiger partial charge in [0.1, 0.15) is 11.6 Å². The Hall–Kier alpha value is -2.41. The monoisotopic (exact) mass is 424 g/mol. The van der Waals surface area contributed by atoms with Crippen molar-refractivity contribution in [3.63, 3.8) is 0 Å². The van der Waals surface area contributed by atoms with Gasteiger partial charge in [-0.05, 0) is 56.3 Å². The lowest BCUT2D eigenvalue weighted by Crippen LogP contribution is -2.35. The van der Waals surface area contributed by atoms with E-state index >= 15 is 0 Å². The highest BCUT2D eigenvalue weighted by molar-refractivity contribution is 7.80. The Morgan fingerprint density at radius 1 is 1.00 bits per heavy atom. The molecule has 2 fully saturated rings. The van der Waals surface area contributed by atoms with Crippen molar-refractivity contribution in [1.82, 2.24) is 15.3 Å². The predicted molar refractivity (Wildman–Crippen MR) is 128 cm³/mol. The van der Waals surface area contributed by atoms with E-state index in [0.717, 1.165) is 43.7 Å². The highest BCUT2D eigenvalue weighted by Gasteiger charge is 2.21. The van der Waals surface area contributed by atoms with Crippen LogP contribution in [-0.4, -0.2) is 41.3 Å². The maximum absolute atomic E-state index is 5.58. The molecule has 1 unspecified atom stereocenters. The van der Waals surface area contributed by atoms with Crippen molar-refractivity contribution in [2.45, 2.75) is 45.6 Å². The molecular weight excluding hydrogens is 392 g/mol. The van der Waals surface area contributed by atoms with Crippen molar-refractivity contribution >= 4 is 34.9 Å². The second-order valence-corrected chi connectivity index (χ2v) is 8.91. The van der Waals surface area contributed by atoms with Crippen LogP contribution in [0.3, 0.4) is 0 Å². The van der Waals surface area contributed by atoms with Gasteiger partial charge in [0.15, 0.2) is 5.11 Å². The number of rotatable bonds is 5. The average molecular weight is 425 g/mol. The van der Waals surface area contributed by atoms with Crippen LogP contribution in [0, 0.1) is 5.92 Å². The molecule has 6 nitrogen and oxygen atoms in total. The van der Waals surface area contributed by atoms with Gasteiger partial charge in [-0.25, -0.2) is 0 Å². The summed E-state index contributed by atoms with van der Waals surface area (Å²) in [6.07, 6.45) is 4.86. The summed E-state index contributed by atoms with van der Waals surface area (Å²) in [5, 5.41) is 7.14. The topological polar surface area (TPSA) is 56.3 Å². The SMILES string of the molecule is CC1CCN(c2cc(N3CCCC3)nc(NC(=S)NC(C)c3ccccc3)n2)CC1. The normalized spacial score (nSPS) is 18.3. The van der Waals surface area contributed by atoms with Crippen LogP contribution in [0.25, 0.3) is 0 Å². The number of benzene rings is 1. The summed E-state index contributed by atoms with van der Waals surface area (Å²) in [6, 6.07) is 12.6. The Labute approximate surface area is 185 Å². The quantitative estimate of drug-likeness (QED) is 0.692. The molecule has 30 heavy (non-hydrogen) atoms. The van der Waals surface area contributed by atoms with Crippen molar-refractivity contribution in [2.75, 3.05) is 41.3 Å². The van der Waals surface area contributed by atoms with Crippen molar-refractivity contribution in [1.29, 1.82) is 0 Å². The van der Waals surface area contributed by atoms with Gasteiger partial charge < -0.3 is 20.4 Å². The number of nitrogens with zero attached hydrogens (tertiary/aromatic N) is 4. The average Bonchev–Trinajstić information content (AvgIpc) is 3.29. The minimum Gasteiger partial charge on any atom is -0.356 e. The molecule has 7 heteroatoms. The van der Waals surface area contributed by atoms with E-state index in [4.69, 9.17) is 22.2 Å². The zero-order chi connectivity index (χ0) is 20.9. The van der Waals surface area contributed by atoms with Crippen LogP contribution >= 0.6 is 12.2 Å². The first-order valence-electron chi connectivity index (χ1n) is 11.1. The third-order valence-corrected chi connectivity index (χ3v) is 6.33. The molecule has 1 aromatic heterocycles. The summed E-state index contributed by atoms with van der Waals surface area (Å²) in [4.78, 5) is 14.4. The molecule has 2 saturated heterocycles. The molecule has 1 aromatic carbocycles. The fraction of sp³-hybridized carbons (Fsp3) is 0.522. The van der Waals surface area contributed by atoms with E-state index in [1.807, 2.05) is 18.2 Å². The Morgan fingerprint density at radius 3 is 2.23 bits per heavy atom. The molecule has 1 atom stereocenters. The Bertz CT molecular complexity index is 844. The molecule has 0 saturated carbocycles. The van der Waals surface area contributed by atoms with Crippen LogP contribution in [0.1, 0.15) is 51.1 Å². The van der Waals surface area contributed by atoms with E-state index in [0.29, 0.717) is 11.1 Å². The molecule has 160 valence electrons. The molecule has 0 bridgehead atoms. The van der Waals surface area contributed by atoms with Gasteiger partial charge in [-0.15, -0.1) is 0 Å². The molecule has 0 radical (unpaired) electrons. The van der Waals surface area contributed by atoms with Crippen molar-refractivity contribution in [3.05, 3.63) is 42.0 Å². The summed E-state index contributed by atoms with van der Waals surface area (Å²) >= 11 is 5.58. The number of hydrogen-bond donors (Lipinski definition) is 2. The van der Waals surface area contributed by atoms with Crippen molar-refractivity contribution < 1.29 is 0 Å². The van der Waals surface area contributed by atoms with Gasteiger partial charge in [0.25, 0.3) is 0 Å². The number of piperidine rings is 1. The fourth-order valence-electron chi connectivity index (χ4n) is 4.15. The molecule has 0 spiro atoms. The van der Waals surface area contributed by atoms with E-state index in [1.54, 1.807) is 0 Å². The standard InChI is InChI=1S/C23H32N6S/c1-17-10-14-29(15-11-17)21-16-20(28-12-6-7-13-28)25-22(26-21)27-23(30)24-18(2)19-8-4-3-5-9-19/h3-5,8-9,16-18H,6-7,10-15H2,1-2H3,(H2,24,25,26,27,30). The van der Waals surface area contributed by atoms with Gasteiger partial charge in [-0.2, -0.15) is 9.97 Å². The lowest BCUT2D eigenvalue weighted by molar-refractivity contribution is 0.436. The molecule has 0 aliphatic carbocycles. The highest BCUT2D eigenvalue weighted by atomic mass is 32.1. The molecule has 4 rings (SSSR count). The first-order chi connectivity index (χ1) is 14.6. The summed E-state index contributed by atoms with van der Waals surface area (Å²) in [6.45, 7) is 8.64. The summed E-state index contributed by atoms with van der Waals surface area (Å²) in [7, 11) is 0. The predicted octanol–water partition coefficient (Wildman–Crippen LogP) is 4.36. The van der Waals surface area contributed by atoms with E-state index in [1.165, 1.54) is 31.2 Å². The van der Waals surface area contributed by atoms with Gasteiger partial charge in [0.05, 0.1) is 6.04 Å². The van der Waals surface area contributed by atoms with Gasteiger partial charge in [0.2, 0.25) is 5.95 Å². The van der Waals surface area contributed by atoms with Crippen LogP contribution < -0.4 is 20.4 Å². The third kappa shape index (κ3) is 5.19. The maximum Gasteiger partial charge on any atom is 0.232 e. The van der Waals surface area contributed by atoms with Crippen LogP contribution in [-0.2, 0) is 0 Å². The van der Waals surface area contributed by atoms with Gasteiger partial charge in [0, 0.05) is 32.2 Å². The fourth-order valence-corrected chi connectivity index (χ4v) is 4.41. The van der Waals surface area contributed by atoms with Crippen LogP contribution in [0.5, 0.6) is 0 Å². The van der Waals surface area contributed by atoms with E-state index in [9.17, 15) is 0 Å². The van der Waals surface area contributed by atoms with Crippen molar-refractivity contribution in [3.8, 4) is 0 Å². The molecule has 2 aromatic rings. The Balaban J connectivity index is 1.50. The Morgan fingerprint density at radius 2 is 1.60 bits per heavy atom. The molecular formula is C23H32N6S. The molecule has 0 amide bonds. The van der Waals surface area contributed by atoms with Crippen LogP contribution in [0.4, 0.5) is 17.6 Å². The zero-order valence-electron chi connectivity index (χ0n) is 18.0. The molecule has 2 aliphatic rings. The highest BCUT2D eigenvalue weighted by Crippen LogP contribution is 2.27.